The van der Waals surface area contributed by atoms with Crippen LogP contribution in [0.4, 0.5) is 5.95 Å². The first kappa shape index (κ1) is 20.1. The van der Waals surface area contributed by atoms with Crippen molar-refractivity contribution in [3.8, 4) is 11.8 Å². The molecule has 3 aromatic rings. The lowest BCUT2D eigenvalue weighted by atomic mass is 9.91. The molecule has 3 N–H and O–H groups in total. The van der Waals surface area contributed by atoms with Gasteiger partial charge < -0.3 is 11.1 Å². The number of hydrogen-bond acceptors (Lipinski definition) is 6. The van der Waals surface area contributed by atoms with E-state index in [0.717, 1.165) is 35.9 Å². The van der Waals surface area contributed by atoms with Crippen molar-refractivity contribution in [2.24, 2.45) is 11.1 Å². The highest BCUT2D eigenvalue weighted by Gasteiger charge is 2.35. The Kier molecular flexibility index (Phi) is 5.23. The minimum atomic E-state index is -0.289. The molecule has 0 bridgehead atoms. The maximum atomic E-state index is 9.35. The number of nitrogens with one attached hydrogen (secondary N) is 1. The number of aromatic nitrogens is 4. The molecule has 29 heavy (non-hydrogen) atoms. The number of hydrogen-bond donors (Lipinski definition) is 2. The molecule has 1 aromatic carbocycles. The molecule has 150 valence electrons. The summed E-state index contributed by atoms with van der Waals surface area (Å²) in [6.07, 6.45) is 4.31. The first-order chi connectivity index (χ1) is 13.8. The lowest BCUT2D eigenvalue weighted by Crippen LogP contribution is -2.19. The molecule has 0 amide bonds. The second-order valence-corrected chi connectivity index (χ2v) is 9.11. The van der Waals surface area contributed by atoms with Gasteiger partial charge in [0.1, 0.15) is 4.60 Å². The van der Waals surface area contributed by atoms with Crippen LogP contribution in [0.25, 0.3) is 16.7 Å². The van der Waals surface area contributed by atoms with Gasteiger partial charge in [-0.1, -0.05) is 11.6 Å². The molecule has 1 aliphatic carbocycles. The Morgan fingerprint density at radius 1 is 1.45 bits per heavy atom. The van der Waals surface area contributed by atoms with E-state index in [1.165, 1.54) is 0 Å². The standard InChI is InChI=1S/C20H21BrClN7/c1-11(24)12-5-13(22)7-15(6-12)29-18-16(17(21)28-29)9-25-19(27-18)26-14-3-4-20(2,8-14)10-23/h5-7,9,11,14H,3-4,8,24H2,1-2H3,(H,25,26,27)/t11-,14+,20+/m0/s1. The van der Waals surface area contributed by atoms with E-state index in [9.17, 15) is 5.26 Å². The summed E-state index contributed by atoms with van der Waals surface area (Å²) in [6.45, 7) is 3.91. The Balaban J connectivity index is 1.72. The fourth-order valence-electron chi connectivity index (χ4n) is 3.75. The molecule has 7 nitrogen and oxygen atoms in total. The Morgan fingerprint density at radius 3 is 2.93 bits per heavy atom. The summed E-state index contributed by atoms with van der Waals surface area (Å²) in [7, 11) is 0. The Labute approximate surface area is 182 Å². The second-order valence-electron chi connectivity index (χ2n) is 7.92. The van der Waals surface area contributed by atoms with E-state index in [-0.39, 0.29) is 17.5 Å². The van der Waals surface area contributed by atoms with Crippen molar-refractivity contribution in [1.29, 1.82) is 5.26 Å². The van der Waals surface area contributed by atoms with Gasteiger partial charge in [0.15, 0.2) is 5.65 Å². The van der Waals surface area contributed by atoms with E-state index < -0.39 is 0 Å². The van der Waals surface area contributed by atoms with E-state index >= 15 is 0 Å². The van der Waals surface area contributed by atoms with Gasteiger partial charge in [-0.25, -0.2) is 9.67 Å². The van der Waals surface area contributed by atoms with Gasteiger partial charge in [0.2, 0.25) is 5.95 Å². The Bertz CT molecular complexity index is 1120. The predicted octanol–water partition coefficient (Wildman–Crippen LogP) is 4.75. The van der Waals surface area contributed by atoms with Crippen molar-refractivity contribution in [3.63, 3.8) is 0 Å². The third-order valence-electron chi connectivity index (χ3n) is 5.40. The third kappa shape index (κ3) is 3.95. The SMILES string of the molecule is C[C@H](N)c1cc(Cl)cc(-n2nc(Br)c3cnc(N[C@@H]4CC[C@@](C)(C#N)C4)nc32)c1. The van der Waals surface area contributed by atoms with E-state index in [1.54, 1.807) is 10.9 Å². The van der Waals surface area contributed by atoms with Gasteiger partial charge in [-0.15, -0.1) is 0 Å². The van der Waals surface area contributed by atoms with Crippen molar-refractivity contribution < 1.29 is 0 Å². The first-order valence-electron chi connectivity index (χ1n) is 9.43. The van der Waals surface area contributed by atoms with Crippen LogP contribution in [0, 0.1) is 16.7 Å². The molecule has 0 spiro atoms. The molecule has 0 unspecified atom stereocenters. The minimum absolute atomic E-state index is 0.151. The third-order valence-corrected chi connectivity index (χ3v) is 6.20. The van der Waals surface area contributed by atoms with Crippen LogP contribution in [0.5, 0.6) is 0 Å². The van der Waals surface area contributed by atoms with Gasteiger partial charge >= 0.3 is 0 Å². The summed E-state index contributed by atoms with van der Waals surface area (Å²) in [5.74, 6) is 0.521. The molecular weight excluding hydrogens is 454 g/mol. The number of fused-ring (bicyclic) bond motifs is 1. The zero-order chi connectivity index (χ0) is 20.8. The van der Waals surface area contributed by atoms with Gasteiger partial charge in [0, 0.05) is 23.3 Å². The zero-order valence-corrected chi connectivity index (χ0v) is 18.5. The minimum Gasteiger partial charge on any atom is -0.351 e. The normalized spacial score (nSPS) is 22.6. The van der Waals surface area contributed by atoms with Crippen molar-refractivity contribution in [2.75, 3.05) is 5.32 Å². The fourth-order valence-corrected chi connectivity index (χ4v) is 4.42. The zero-order valence-electron chi connectivity index (χ0n) is 16.2. The summed E-state index contributed by atoms with van der Waals surface area (Å²) in [6, 6.07) is 8.08. The van der Waals surface area contributed by atoms with Crippen molar-refractivity contribution in [3.05, 3.63) is 39.6 Å². The molecule has 1 fully saturated rings. The number of nitriles is 1. The molecule has 1 aliphatic rings. The summed E-state index contributed by atoms with van der Waals surface area (Å²) in [5.41, 5.74) is 8.11. The van der Waals surface area contributed by atoms with E-state index in [0.29, 0.717) is 21.2 Å². The molecule has 0 radical (unpaired) electrons. The molecule has 1 saturated carbocycles. The number of halogens is 2. The van der Waals surface area contributed by atoms with Crippen LogP contribution in [0.1, 0.15) is 44.7 Å². The van der Waals surface area contributed by atoms with Gasteiger partial charge in [-0.3, -0.25) is 0 Å². The van der Waals surface area contributed by atoms with Crippen LogP contribution in [0.2, 0.25) is 5.02 Å². The van der Waals surface area contributed by atoms with Crippen LogP contribution >= 0.6 is 27.5 Å². The molecule has 9 heteroatoms. The molecule has 0 saturated heterocycles. The lowest BCUT2D eigenvalue weighted by Gasteiger charge is -2.15. The second kappa shape index (κ2) is 7.56. The van der Waals surface area contributed by atoms with E-state index in [2.05, 4.69) is 37.4 Å². The topological polar surface area (TPSA) is 105 Å². The summed E-state index contributed by atoms with van der Waals surface area (Å²) in [4.78, 5) is 9.15. The molecule has 3 atom stereocenters. The maximum Gasteiger partial charge on any atom is 0.224 e. The Morgan fingerprint density at radius 2 is 2.24 bits per heavy atom. The predicted molar refractivity (Wildman–Crippen MR) is 117 cm³/mol. The van der Waals surface area contributed by atoms with Crippen molar-refractivity contribution in [2.45, 2.75) is 45.2 Å². The maximum absolute atomic E-state index is 9.35. The smallest absolute Gasteiger partial charge is 0.224 e. The average Bonchev–Trinajstić information content (AvgIpc) is 3.22. The van der Waals surface area contributed by atoms with E-state index in [1.807, 2.05) is 32.0 Å². The highest BCUT2D eigenvalue weighted by molar-refractivity contribution is 9.10. The largest absolute Gasteiger partial charge is 0.351 e. The monoisotopic (exact) mass is 473 g/mol. The first-order valence-corrected chi connectivity index (χ1v) is 10.6. The van der Waals surface area contributed by atoms with Crippen LogP contribution < -0.4 is 11.1 Å². The summed E-state index contributed by atoms with van der Waals surface area (Å²) in [5, 5.41) is 18.7. The highest BCUT2D eigenvalue weighted by Crippen LogP contribution is 2.38. The van der Waals surface area contributed by atoms with Gasteiger partial charge in [0.05, 0.1) is 22.6 Å². The van der Waals surface area contributed by atoms with Crippen LogP contribution in [0.15, 0.2) is 29.0 Å². The van der Waals surface area contributed by atoms with Crippen LogP contribution in [0.3, 0.4) is 0 Å². The fraction of sp³-hybridized carbons (Fsp3) is 0.400. The summed E-state index contributed by atoms with van der Waals surface area (Å²) < 4.78 is 2.39. The van der Waals surface area contributed by atoms with Crippen LogP contribution in [-0.4, -0.2) is 25.8 Å². The van der Waals surface area contributed by atoms with Gasteiger partial charge in [0.25, 0.3) is 0 Å². The number of nitrogens with two attached hydrogens (primary N) is 1. The van der Waals surface area contributed by atoms with Gasteiger partial charge in [-0.2, -0.15) is 15.3 Å². The number of rotatable bonds is 4. The average molecular weight is 475 g/mol. The van der Waals surface area contributed by atoms with Crippen molar-refractivity contribution in [1.82, 2.24) is 19.7 Å². The molecule has 2 heterocycles. The van der Waals surface area contributed by atoms with Crippen molar-refractivity contribution >= 4 is 44.5 Å². The Hall–Kier alpha value is -2.21. The number of benzene rings is 1. The number of anilines is 1. The van der Waals surface area contributed by atoms with E-state index in [4.69, 9.17) is 22.3 Å². The summed E-state index contributed by atoms with van der Waals surface area (Å²) >= 11 is 9.80. The van der Waals surface area contributed by atoms with Crippen LogP contribution in [-0.2, 0) is 0 Å². The van der Waals surface area contributed by atoms with Gasteiger partial charge in [-0.05, 0) is 72.8 Å². The lowest BCUT2D eigenvalue weighted by molar-refractivity contribution is 0.456. The molecule has 2 aromatic heterocycles. The molecule has 4 rings (SSSR count). The molecular formula is C20H21BrClN7. The quantitative estimate of drug-likeness (QED) is 0.565. The number of nitrogens with zero attached hydrogens (tertiary/aromatic N) is 5. The molecule has 0 aliphatic heterocycles. The highest BCUT2D eigenvalue weighted by atomic mass is 79.9.